The van der Waals surface area contributed by atoms with E-state index in [1.807, 2.05) is 18.9 Å². The summed E-state index contributed by atoms with van der Waals surface area (Å²) < 4.78 is 0. The van der Waals surface area contributed by atoms with E-state index in [-0.39, 0.29) is 66.9 Å². The summed E-state index contributed by atoms with van der Waals surface area (Å²) >= 11 is 0. The van der Waals surface area contributed by atoms with E-state index in [9.17, 15) is 39.6 Å². The van der Waals surface area contributed by atoms with E-state index in [4.69, 9.17) is 5.73 Å². The normalized spacial score (nSPS) is 24.0. The van der Waals surface area contributed by atoms with E-state index in [0.717, 1.165) is 12.8 Å². The Morgan fingerprint density at radius 3 is 2.24 bits per heavy atom. The zero-order valence-corrected chi connectivity index (χ0v) is 27.8. The number of aliphatic hydroxyl groups is 3. The maximum Gasteiger partial charge on any atom is 0.255 e. The van der Waals surface area contributed by atoms with Gasteiger partial charge in [-0.2, -0.15) is 0 Å². The molecule has 0 heterocycles. The van der Waals surface area contributed by atoms with Crippen LogP contribution in [0.5, 0.6) is 5.75 Å². The lowest BCUT2D eigenvalue weighted by atomic mass is 9.57. The average molecular weight is 673 g/mol. The Morgan fingerprint density at radius 1 is 1.09 bits per heavy atom. The molecule has 3 unspecified atom stereocenters. The number of Topliss-reactive ketones (excluding diaryl/α,β-unsaturated/α-hetero) is 2. The van der Waals surface area contributed by atoms with Crippen LogP contribution in [0.4, 0.5) is 11.4 Å². The molecule has 13 nitrogen and oxygen atoms in total. The molecule has 15 heteroatoms. The Balaban J connectivity index is 0.00000353. The predicted molar refractivity (Wildman–Crippen MR) is 174 cm³/mol. The number of phenolic OH excluding ortho intramolecular Hbond substituents is 1. The van der Waals surface area contributed by atoms with Crippen molar-refractivity contribution in [3.63, 3.8) is 0 Å². The number of nitrogens with two attached hydrogens (primary N) is 1. The monoisotopic (exact) mass is 671 g/mol. The first kappa shape index (κ1) is 37.8. The van der Waals surface area contributed by atoms with Gasteiger partial charge in [0, 0.05) is 31.3 Å². The molecule has 1 saturated carbocycles. The average Bonchev–Trinajstić information content (AvgIpc) is 2.90. The Hall–Kier alpha value is -3.36. The molecule has 2 amide bonds. The highest BCUT2D eigenvalue weighted by atomic mass is 35.5. The number of likely N-dealkylation sites (N-methyl/N-ethyl adjacent to an activating group) is 2. The number of primary amides is 1. The van der Waals surface area contributed by atoms with Gasteiger partial charge in [0.05, 0.1) is 23.8 Å². The smallest absolute Gasteiger partial charge is 0.255 e. The van der Waals surface area contributed by atoms with Crippen molar-refractivity contribution in [3.8, 4) is 5.75 Å². The third-order valence-corrected chi connectivity index (χ3v) is 8.76. The van der Waals surface area contributed by atoms with Crippen LogP contribution in [0, 0.1) is 11.8 Å². The van der Waals surface area contributed by atoms with Gasteiger partial charge in [-0.1, -0.05) is 13.3 Å². The number of nitrogens with one attached hydrogen (secondary N) is 1. The van der Waals surface area contributed by atoms with Crippen LogP contribution in [-0.4, -0.2) is 114 Å². The van der Waals surface area contributed by atoms with Gasteiger partial charge >= 0.3 is 0 Å². The Morgan fingerprint density at radius 2 is 1.71 bits per heavy atom. The van der Waals surface area contributed by atoms with E-state index >= 15 is 0 Å². The molecule has 0 bridgehead atoms. The minimum Gasteiger partial charge on any atom is -0.508 e. The van der Waals surface area contributed by atoms with E-state index < -0.39 is 63.8 Å². The molecule has 3 aliphatic carbocycles. The molecule has 1 fully saturated rings. The van der Waals surface area contributed by atoms with Gasteiger partial charge < -0.3 is 36.4 Å². The van der Waals surface area contributed by atoms with Crippen LogP contribution in [0.25, 0.3) is 5.76 Å². The largest absolute Gasteiger partial charge is 0.508 e. The second kappa shape index (κ2) is 14.0. The van der Waals surface area contributed by atoms with Crippen molar-refractivity contribution >= 4 is 65.3 Å². The maximum absolute atomic E-state index is 14.1. The summed E-state index contributed by atoms with van der Waals surface area (Å²) in [7, 11) is 8.42. The van der Waals surface area contributed by atoms with Crippen LogP contribution in [0.1, 0.15) is 37.3 Å². The highest BCUT2D eigenvalue weighted by molar-refractivity contribution is 6.24. The number of phenols is 1. The number of benzene rings is 1. The first-order valence-corrected chi connectivity index (χ1v) is 14.3. The van der Waals surface area contributed by atoms with Crippen molar-refractivity contribution in [1.82, 2.24) is 9.80 Å². The Kier molecular flexibility index (Phi) is 11.7. The molecule has 0 radical (unpaired) electrons. The standard InChI is InChI=1S/C30H41N5O8.2ClH/c1-7-8-9-35(6)13-19(36)32-17-12-18(33(2)3)15-10-14-11-16-23(34(4)5)26(39)22(29(31)42)28(41)30(16,43)27(40)20(14)25(38)21(15)24(17)37;;/h12,14,16,23,37-38,41,43H,7-11,13H2,1-6H3,(H2,31,42)(H,32,36);2*1H/t14?,16?,23-,30?;;/m0../s1. The molecule has 0 spiro atoms. The lowest BCUT2D eigenvalue weighted by Gasteiger charge is -2.50. The summed E-state index contributed by atoms with van der Waals surface area (Å²) in [6, 6.07) is 0.435. The topological polar surface area (TPSA) is 197 Å². The Bertz CT molecular complexity index is 1460. The van der Waals surface area contributed by atoms with Crippen LogP contribution < -0.4 is 16.0 Å². The van der Waals surface area contributed by atoms with Gasteiger partial charge in [0.25, 0.3) is 5.91 Å². The van der Waals surface area contributed by atoms with Crippen molar-refractivity contribution in [2.75, 3.05) is 58.5 Å². The van der Waals surface area contributed by atoms with E-state index in [0.29, 0.717) is 17.8 Å². The number of nitrogens with zero attached hydrogens (tertiary/aromatic N) is 3. The molecule has 250 valence electrons. The number of rotatable bonds is 9. The van der Waals surface area contributed by atoms with Crippen LogP contribution >= 0.6 is 24.8 Å². The first-order valence-electron chi connectivity index (χ1n) is 14.3. The van der Waals surface area contributed by atoms with Gasteiger partial charge in [0.1, 0.15) is 22.8 Å². The number of aromatic hydroxyl groups is 1. The summed E-state index contributed by atoms with van der Waals surface area (Å²) in [6.07, 6.45) is 2.01. The molecule has 1 aromatic carbocycles. The van der Waals surface area contributed by atoms with Crippen molar-refractivity contribution in [3.05, 3.63) is 34.1 Å². The zero-order valence-electron chi connectivity index (χ0n) is 26.2. The van der Waals surface area contributed by atoms with Gasteiger partial charge in [-0.15, -0.1) is 24.8 Å². The number of ketones is 2. The van der Waals surface area contributed by atoms with Crippen LogP contribution in [0.2, 0.25) is 0 Å². The number of amides is 2. The van der Waals surface area contributed by atoms with Gasteiger partial charge in [-0.3, -0.25) is 29.0 Å². The van der Waals surface area contributed by atoms with Crippen LogP contribution in [-0.2, 0) is 25.6 Å². The zero-order chi connectivity index (χ0) is 32.1. The van der Waals surface area contributed by atoms with E-state index in [1.165, 1.54) is 4.90 Å². The quantitative estimate of drug-likeness (QED) is 0.164. The molecule has 0 saturated heterocycles. The number of carbonyl (C=O) groups excluding carboxylic acids is 4. The highest BCUT2D eigenvalue weighted by Gasteiger charge is 2.64. The fourth-order valence-corrected chi connectivity index (χ4v) is 6.73. The van der Waals surface area contributed by atoms with Gasteiger partial charge in [-0.05, 0) is 64.5 Å². The number of unbranched alkanes of at least 4 members (excludes halogenated alkanes) is 1. The van der Waals surface area contributed by atoms with Crippen molar-refractivity contribution in [2.45, 2.75) is 44.2 Å². The molecule has 0 aliphatic heterocycles. The van der Waals surface area contributed by atoms with Crippen molar-refractivity contribution in [2.24, 2.45) is 17.6 Å². The van der Waals surface area contributed by atoms with E-state index in [1.54, 1.807) is 39.2 Å². The minimum atomic E-state index is -2.72. The fourth-order valence-electron chi connectivity index (χ4n) is 6.73. The molecular weight excluding hydrogens is 629 g/mol. The Labute approximate surface area is 274 Å². The van der Waals surface area contributed by atoms with Gasteiger partial charge in [0.15, 0.2) is 11.4 Å². The minimum absolute atomic E-state index is 0. The molecule has 4 atom stereocenters. The number of hydrogen-bond donors (Lipinski definition) is 6. The number of aliphatic hydroxyl groups excluding tert-OH is 2. The number of halogens is 2. The van der Waals surface area contributed by atoms with Crippen LogP contribution in [0.15, 0.2) is 23.0 Å². The molecule has 1 aromatic rings. The number of carbonyl (C=O) groups is 4. The third-order valence-electron chi connectivity index (χ3n) is 8.76. The van der Waals surface area contributed by atoms with Crippen LogP contribution in [0.3, 0.4) is 0 Å². The second-order valence-corrected chi connectivity index (χ2v) is 12.1. The molecular formula is C30H43Cl2N5O8. The maximum atomic E-state index is 14.1. The molecule has 3 aliphatic rings. The van der Waals surface area contributed by atoms with Gasteiger partial charge in [-0.25, -0.2) is 0 Å². The molecule has 4 rings (SSSR count). The summed E-state index contributed by atoms with van der Waals surface area (Å²) in [5, 5.41) is 48.4. The molecule has 7 N–H and O–H groups in total. The molecule has 45 heavy (non-hydrogen) atoms. The number of fused-ring (bicyclic) bond motifs is 3. The van der Waals surface area contributed by atoms with E-state index in [2.05, 4.69) is 5.32 Å². The SMILES string of the molecule is CCCCN(C)CC(=O)Nc1cc(N(C)C)c2c(c1O)C(O)=C1C(=O)C3(O)C(O)=C(C(N)=O)C(=O)[C@@H](N(C)C)C3CC1C2.Cl.Cl. The first-order chi connectivity index (χ1) is 20.1. The number of hydrogen-bond acceptors (Lipinski definition) is 11. The summed E-state index contributed by atoms with van der Waals surface area (Å²) in [5.41, 5.74) is 2.55. The fraction of sp³-hybridized carbons (Fsp3) is 0.533. The third kappa shape index (κ3) is 6.24. The second-order valence-electron chi connectivity index (χ2n) is 12.1. The number of anilines is 2. The highest BCUT2D eigenvalue weighted by Crippen LogP contribution is 2.54. The summed E-state index contributed by atoms with van der Waals surface area (Å²) in [5.74, 6) is -7.66. The van der Waals surface area contributed by atoms with Crippen molar-refractivity contribution < 1.29 is 39.6 Å². The summed E-state index contributed by atoms with van der Waals surface area (Å²) in [6.45, 7) is 2.82. The van der Waals surface area contributed by atoms with Gasteiger partial charge in [0.2, 0.25) is 11.7 Å². The lowest BCUT2D eigenvalue weighted by molar-refractivity contribution is -0.153. The predicted octanol–water partition coefficient (Wildman–Crippen LogP) is 1.54. The van der Waals surface area contributed by atoms with Crippen molar-refractivity contribution in [1.29, 1.82) is 0 Å². The lowest BCUT2D eigenvalue weighted by Crippen LogP contribution is -2.65. The molecule has 0 aromatic heterocycles. The summed E-state index contributed by atoms with van der Waals surface area (Å²) in [4.78, 5) is 57.4.